The zero-order chi connectivity index (χ0) is 23.4. The Morgan fingerprint density at radius 3 is 2.52 bits per heavy atom. The highest BCUT2D eigenvalue weighted by Gasteiger charge is 2.37. The molecule has 0 saturated heterocycles. The molecule has 4 rings (SSSR count). The molecule has 2 atom stereocenters. The van der Waals surface area contributed by atoms with Gasteiger partial charge in [0, 0.05) is 18.0 Å². The minimum atomic E-state index is -0.862. The van der Waals surface area contributed by atoms with E-state index in [0.29, 0.717) is 11.4 Å². The van der Waals surface area contributed by atoms with Gasteiger partial charge in [-0.15, -0.1) is 0 Å². The van der Waals surface area contributed by atoms with E-state index in [1.807, 2.05) is 43.3 Å². The number of carbonyl (C=O) groups excluding carboxylic acids is 3. The van der Waals surface area contributed by atoms with E-state index in [1.165, 1.54) is 11.2 Å². The second-order valence-corrected chi connectivity index (χ2v) is 8.28. The van der Waals surface area contributed by atoms with Crippen LogP contribution in [0.5, 0.6) is 0 Å². The maximum atomic E-state index is 13.0. The second-order valence-electron chi connectivity index (χ2n) is 7.85. The second kappa shape index (κ2) is 9.92. The molecular formula is C25H23ClN2O5. The molecule has 2 aromatic carbocycles. The third kappa shape index (κ3) is 5.26. The average molecular weight is 467 g/mol. The molecule has 1 unspecified atom stereocenters. The molecule has 0 radical (unpaired) electrons. The normalized spacial score (nSPS) is 15.9. The molecule has 0 spiro atoms. The van der Waals surface area contributed by atoms with E-state index in [9.17, 15) is 14.4 Å². The van der Waals surface area contributed by atoms with Crippen LogP contribution in [0.4, 0.5) is 0 Å². The first-order valence-corrected chi connectivity index (χ1v) is 10.9. The summed E-state index contributed by atoms with van der Waals surface area (Å²) < 4.78 is 10.6. The Morgan fingerprint density at radius 1 is 1.09 bits per heavy atom. The molecule has 33 heavy (non-hydrogen) atoms. The summed E-state index contributed by atoms with van der Waals surface area (Å²) in [5.74, 6) is -1.34. The van der Waals surface area contributed by atoms with Crippen LogP contribution >= 0.6 is 11.6 Å². The van der Waals surface area contributed by atoms with Crippen LogP contribution in [0.3, 0.4) is 0 Å². The molecule has 170 valence electrons. The SMILES string of the molecule is CC(NC(=O)COC(=O)[C@@H]1Cc2ccccc2CN1C(=O)c1ccco1)c1ccc(Cl)cc1. The summed E-state index contributed by atoms with van der Waals surface area (Å²) in [7, 11) is 0. The Kier molecular flexibility index (Phi) is 6.79. The Hall–Kier alpha value is -3.58. The summed E-state index contributed by atoms with van der Waals surface area (Å²) >= 11 is 5.90. The van der Waals surface area contributed by atoms with Crippen LogP contribution in [0.2, 0.25) is 5.02 Å². The number of furan rings is 1. The fourth-order valence-corrected chi connectivity index (χ4v) is 3.97. The van der Waals surface area contributed by atoms with Crippen molar-refractivity contribution in [1.29, 1.82) is 0 Å². The largest absolute Gasteiger partial charge is 0.459 e. The van der Waals surface area contributed by atoms with Gasteiger partial charge in [-0.25, -0.2) is 4.79 Å². The van der Waals surface area contributed by atoms with Crippen LogP contribution in [-0.4, -0.2) is 35.3 Å². The molecule has 2 amide bonds. The van der Waals surface area contributed by atoms with Crippen LogP contribution in [-0.2, 0) is 27.3 Å². The predicted molar refractivity (Wildman–Crippen MR) is 121 cm³/mol. The molecule has 3 aromatic rings. The Bertz CT molecular complexity index is 1140. The minimum absolute atomic E-state index is 0.140. The van der Waals surface area contributed by atoms with Crippen molar-refractivity contribution in [2.75, 3.05) is 6.61 Å². The van der Waals surface area contributed by atoms with Crippen molar-refractivity contribution in [3.8, 4) is 0 Å². The number of nitrogens with one attached hydrogen (secondary N) is 1. The maximum Gasteiger partial charge on any atom is 0.329 e. The Morgan fingerprint density at radius 2 is 1.82 bits per heavy atom. The topological polar surface area (TPSA) is 88.9 Å². The van der Waals surface area contributed by atoms with E-state index < -0.39 is 30.4 Å². The van der Waals surface area contributed by atoms with Gasteiger partial charge in [-0.3, -0.25) is 9.59 Å². The molecule has 2 heterocycles. The zero-order valence-corrected chi connectivity index (χ0v) is 18.7. The van der Waals surface area contributed by atoms with Crippen molar-refractivity contribution >= 4 is 29.4 Å². The summed E-state index contributed by atoms with van der Waals surface area (Å²) in [6.07, 6.45) is 1.70. The van der Waals surface area contributed by atoms with Crippen LogP contribution < -0.4 is 5.32 Å². The highest BCUT2D eigenvalue weighted by molar-refractivity contribution is 6.30. The van der Waals surface area contributed by atoms with Crippen LogP contribution in [0.15, 0.2) is 71.3 Å². The van der Waals surface area contributed by atoms with Gasteiger partial charge in [0.2, 0.25) is 0 Å². The number of halogens is 1. The van der Waals surface area contributed by atoms with Gasteiger partial charge >= 0.3 is 5.97 Å². The summed E-state index contributed by atoms with van der Waals surface area (Å²) in [5, 5.41) is 3.40. The quantitative estimate of drug-likeness (QED) is 0.556. The smallest absolute Gasteiger partial charge is 0.329 e. The van der Waals surface area contributed by atoms with Gasteiger partial charge < -0.3 is 19.4 Å². The fraction of sp³-hybridized carbons (Fsp3) is 0.240. The summed E-state index contributed by atoms with van der Waals surface area (Å²) in [6, 6.07) is 16.8. The lowest BCUT2D eigenvalue weighted by atomic mass is 9.93. The lowest BCUT2D eigenvalue weighted by molar-refractivity contribution is -0.153. The van der Waals surface area contributed by atoms with E-state index in [0.717, 1.165) is 16.7 Å². The average Bonchev–Trinajstić information content (AvgIpc) is 3.36. The van der Waals surface area contributed by atoms with E-state index in [-0.39, 0.29) is 18.3 Å². The highest BCUT2D eigenvalue weighted by atomic mass is 35.5. The number of hydrogen-bond acceptors (Lipinski definition) is 5. The Labute approximate surface area is 196 Å². The van der Waals surface area contributed by atoms with Crippen molar-refractivity contribution in [1.82, 2.24) is 10.2 Å². The van der Waals surface area contributed by atoms with Crippen LogP contribution in [0.1, 0.15) is 40.2 Å². The fourth-order valence-electron chi connectivity index (χ4n) is 3.84. The number of carbonyl (C=O) groups is 3. The van der Waals surface area contributed by atoms with Gasteiger partial charge in [0.25, 0.3) is 11.8 Å². The van der Waals surface area contributed by atoms with Crippen LogP contribution in [0, 0.1) is 0 Å². The monoisotopic (exact) mass is 466 g/mol. The Balaban J connectivity index is 1.42. The van der Waals surface area contributed by atoms with Gasteiger partial charge in [-0.2, -0.15) is 0 Å². The zero-order valence-electron chi connectivity index (χ0n) is 18.0. The third-order valence-corrected chi connectivity index (χ3v) is 5.86. The molecule has 7 nitrogen and oxygen atoms in total. The first-order valence-electron chi connectivity index (χ1n) is 10.5. The molecule has 0 fully saturated rings. The molecule has 0 saturated carbocycles. The summed E-state index contributed by atoms with van der Waals surface area (Å²) in [4.78, 5) is 39.7. The lowest BCUT2D eigenvalue weighted by Crippen LogP contribution is -2.49. The van der Waals surface area contributed by atoms with Crippen molar-refractivity contribution < 1.29 is 23.5 Å². The maximum absolute atomic E-state index is 13.0. The first kappa shape index (κ1) is 22.6. The number of fused-ring (bicyclic) bond motifs is 1. The number of rotatable bonds is 6. The van der Waals surface area contributed by atoms with Gasteiger partial charge in [0.15, 0.2) is 12.4 Å². The third-order valence-electron chi connectivity index (χ3n) is 5.61. The van der Waals surface area contributed by atoms with Crippen molar-refractivity contribution in [2.45, 2.75) is 32.0 Å². The number of esters is 1. The molecule has 1 aliphatic rings. The minimum Gasteiger partial charge on any atom is -0.459 e. The number of benzene rings is 2. The van der Waals surface area contributed by atoms with Crippen LogP contribution in [0.25, 0.3) is 0 Å². The van der Waals surface area contributed by atoms with Gasteiger partial charge in [0.1, 0.15) is 6.04 Å². The predicted octanol–water partition coefficient (Wildman–Crippen LogP) is 3.92. The van der Waals surface area contributed by atoms with E-state index in [2.05, 4.69) is 5.32 Å². The molecule has 1 aromatic heterocycles. The van der Waals surface area contributed by atoms with Gasteiger partial charge in [-0.05, 0) is 47.9 Å². The van der Waals surface area contributed by atoms with Crippen molar-refractivity contribution in [2.24, 2.45) is 0 Å². The number of hydrogen-bond donors (Lipinski definition) is 1. The molecular weight excluding hydrogens is 444 g/mol. The molecule has 1 aliphatic heterocycles. The number of ether oxygens (including phenoxy) is 1. The first-order chi connectivity index (χ1) is 15.9. The summed E-state index contributed by atoms with van der Waals surface area (Å²) in [5.41, 5.74) is 2.79. The van der Waals surface area contributed by atoms with E-state index >= 15 is 0 Å². The molecule has 0 aliphatic carbocycles. The van der Waals surface area contributed by atoms with Gasteiger partial charge in [-0.1, -0.05) is 48.0 Å². The van der Waals surface area contributed by atoms with Gasteiger partial charge in [0.05, 0.1) is 12.3 Å². The molecule has 1 N–H and O–H groups in total. The molecule has 0 bridgehead atoms. The number of nitrogens with zero attached hydrogens (tertiary/aromatic N) is 1. The van der Waals surface area contributed by atoms with E-state index in [4.69, 9.17) is 20.8 Å². The summed E-state index contributed by atoms with van der Waals surface area (Å²) in [6.45, 7) is 1.62. The number of amides is 2. The standard InChI is InChI=1S/C25H23ClN2O5/c1-16(17-8-10-20(26)11-9-17)27-23(29)15-33-25(31)21-13-18-5-2-3-6-19(18)14-28(21)24(30)22-7-4-12-32-22/h2-12,16,21H,13-15H2,1H3,(H,27,29)/t16?,21-/m0/s1. The highest BCUT2D eigenvalue weighted by Crippen LogP contribution is 2.26. The van der Waals surface area contributed by atoms with Crippen molar-refractivity contribution in [3.05, 3.63) is 94.4 Å². The lowest BCUT2D eigenvalue weighted by Gasteiger charge is -2.34. The molecule has 8 heteroatoms. The van der Waals surface area contributed by atoms with E-state index in [1.54, 1.807) is 24.3 Å². The van der Waals surface area contributed by atoms with Crippen molar-refractivity contribution in [3.63, 3.8) is 0 Å².